The molecule has 0 radical (unpaired) electrons. The number of hydrogen-bond acceptors (Lipinski definition) is 3. The van der Waals surface area contributed by atoms with Crippen molar-refractivity contribution in [3.8, 4) is 0 Å². The van der Waals surface area contributed by atoms with Crippen molar-refractivity contribution in [2.24, 2.45) is 4.99 Å². The zero-order valence-electron chi connectivity index (χ0n) is 12.7. The van der Waals surface area contributed by atoms with Gasteiger partial charge in [0.25, 0.3) is 0 Å². The van der Waals surface area contributed by atoms with Crippen LogP contribution in [-0.4, -0.2) is 30.1 Å². The van der Waals surface area contributed by atoms with E-state index in [9.17, 15) is 0 Å². The standard InChI is InChI=1S/C14H26N4S/c1-6-12-11(5)19-13(18-12)8-9-16-14(15-7-2)17-10(3)4/h10H,6-9H2,1-5H3,(H2,15,16,17). The maximum absolute atomic E-state index is 4.64. The second-order valence-corrected chi connectivity index (χ2v) is 6.06. The van der Waals surface area contributed by atoms with E-state index in [-0.39, 0.29) is 0 Å². The van der Waals surface area contributed by atoms with Gasteiger partial charge in [-0.25, -0.2) is 4.98 Å². The first-order valence-electron chi connectivity index (χ1n) is 7.06. The predicted molar refractivity (Wildman–Crippen MR) is 84.2 cm³/mol. The molecule has 19 heavy (non-hydrogen) atoms. The first kappa shape index (κ1) is 16.0. The lowest BCUT2D eigenvalue weighted by molar-refractivity contribution is 0.700. The Labute approximate surface area is 120 Å². The highest BCUT2D eigenvalue weighted by atomic mass is 32.1. The fourth-order valence-corrected chi connectivity index (χ4v) is 2.79. The molecule has 0 aromatic carbocycles. The average Bonchev–Trinajstić information content (AvgIpc) is 2.69. The fourth-order valence-electron chi connectivity index (χ4n) is 1.78. The lowest BCUT2D eigenvalue weighted by Crippen LogP contribution is -2.41. The van der Waals surface area contributed by atoms with Crippen LogP contribution in [0.1, 0.15) is 43.3 Å². The largest absolute Gasteiger partial charge is 0.357 e. The van der Waals surface area contributed by atoms with Crippen LogP contribution in [0, 0.1) is 6.92 Å². The molecule has 108 valence electrons. The van der Waals surface area contributed by atoms with Crippen LogP contribution in [0.3, 0.4) is 0 Å². The van der Waals surface area contributed by atoms with Gasteiger partial charge in [-0.2, -0.15) is 0 Å². The summed E-state index contributed by atoms with van der Waals surface area (Å²) >= 11 is 1.80. The summed E-state index contributed by atoms with van der Waals surface area (Å²) in [6, 6.07) is 0.395. The minimum Gasteiger partial charge on any atom is -0.357 e. The summed E-state index contributed by atoms with van der Waals surface area (Å²) in [5.41, 5.74) is 1.23. The third-order valence-corrected chi connectivity index (χ3v) is 3.71. The van der Waals surface area contributed by atoms with Gasteiger partial charge in [0.2, 0.25) is 0 Å². The van der Waals surface area contributed by atoms with E-state index in [1.807, 2.05) is 0 Å². The van der Waals surface area contributed by atoms with Crippen molar-refractivity contribution >= 4 is 17.3 Å². The number of nitrogens with one attached hydrogen (secondary N) is 2. The Kier molecular flexibility index (Phi) is 6.84. The Morgan fingerprint density at radius 3 is 2.63 bits per heavy atom. The summed E-state index contributed by atoms with van der Waals surface area (Å²) in [5.74, 6) is 0.890. The van der Waals surface area contributed by atoms with E-state index in [2.05, 4.69) is 55.2 Å². The number of aromatic nitrogens is 1. The van der Waals surface area contributed by atoms with Crippen LogP contribution in [-0.2, 0) is 12.8 Å². The molecule has 1 aromatic heterocycles. The zero-order valence-corrected chi connectivity index (χ0v) is 13.5. The number of thiazole rings is 1. The number of aliphatic imine (C=N–C) groups is 1. The van der Waals surface area contributed by atoms with Crippen molar-refractivity contribution < 1.29 is 0 Å². The molecule has 0 unspecified atom stereocenters. The minimum absolute atomic E-state index is 0.395. The van der Waals surface area contributed by atoms with Gasteiger partial charge >= 0.3 is 0 Å². The molecule has 4 nitrogen and oxygen atoms in total. The van der Waals surface area contributed by atoms with Crippen LogP contribution in [0.25, 0.3) is 0 Å². The Morgan fingerprint density at radius 1 is 1.37 bits per heavy atom. The molecule has 0 saturated carbocycles. The predicted octanol–water partition coefficient (Wildman–Crippen LogP) is 2.52. The molecule has 0 amide bonds. The van der Waals surface area contributed by atoms with Crippen molar-refractivity contribution in [2.45, 2.75) is 53.5 Å². The Balaban J connectivity index is 2.53. The van der Waals surface area contributed by atoms with Gasteiger partial charge in [0, 0.05) is 30.4 Å². The number of guanidine groups is 1. The third kappa shape index (κ3) is 5.59. The molecule has 1 aromatic rings. The third-order valence-electron chi connectivity index (χ3n) is 2.64. The number of rotatable bonds is 6. The van der Waals surface area contributed by atoms with E-state index in [4.69, 9.17) is 0 Å². The lowest BCUT2D eigenvalue weighted by atomic mass is 10.3. The Bertz CT molecular complexity index is 410. The van der Waals surface area contributed by atoms with Gasteiger partial charge in [-0.05, 0) is 34.1 Å². The first-order valence-corrected chi connectivity index (χ1v) is 7.88. The molecule has 1 heterocycles. The highest BCUT2D eigenvalue weighted by Crippen LogP contribution is 2.18. The molecule has 0 bridgehead atoms. The number of hydrogen-bond donors (Lipinski definition) is 2. The molecule has 0 saturated heterocycles. The SMILES string of the molecule is CCNC(=NCCc1nc(CC)c(C)s1)NC(C)C. The van der Waals surface area contributed by atoms with Crippen molar-refractivity contribution in [1.82, 2.24) is 15.6 Å². The van der Waals surface area contributed by atoms with Crippen LogP contribution in [0.4, 0.5) is 0 Å². The Morgan fingerprint density at radius 2 is 2.11 bits per heavy atom. The zero-order chi connectivity index (χ0) is 14.3. The quantitative estimate of drug-likeness (QED) is 0.622. The van der Waals surface area contributed by atoms with E-state index in [0.717, 1.165) is 31.9 Å². The molecular weight excluding hydrogens is 256 g/mol. The van der Waals surface area contributed by atoms with Gasteiger partial charge in [0.05, 0.1) is 10.7 Å². The van der Waals surface area contributed by atoms with Crippen molar-refractivity contribution in [1.29, 1.82) is 0 Å². The van der Waals surface area contributed by atoms with Crippen LogP contribution in [0.5, 0.6) is 0 Å². The van der Waals surface area contributed by atoms with Crippen LogP contribution in [0.2, 0.25) is 0 Å². The lowest BCUT2D eigenvalue weighted by Gasteiger charge is -2.13. The van der Waals surface area contributed by atoms with Crippen molar-refractivity contribution in [3.05, 3.63) is 15.6 Å². The van der Waals surface area contributed by atoms with Gasteiger partial charge in [-0.3, -0.25) is 4.99 Å². The van der Waals surface area contributed by atoms with E-state index in [0.29, 0.717) is 6.04 Å². The highest BCUT2D eigenvalue weighted by molar-refractivity contribution is 7.11. The van der Waals surface area contributed by atoms with Crippen LogP contribution >= 0.6 is 11.3 Å². The summed E-state index contributed by atoms with van der Waals surface area (Å²) in [6.45, 7) is 12.3. The molecular formula is C14H26N4S. The maximum atomic E-state index is 4.64. The van der Waals surface area contributed by atoms with Gasteiger partial charge in [-0.15, -0.1) is 11.3 Å². The maximum Gasteiger partial charge on any atom is 0.191 e. The minimum atomic E-state index is 0.395. The van der Waals surface area contributed by atoms with Crippen molar-refractivity contribution in [2.75, 3.05) is 13.1 Å². The molecule has 0 aliphatic carbocycles. The molecule has 0 aliphatic rings. The molecule has 0 aliphatic heterocycles. The molecule has 0 fully saturated rings. The molecule has 5 heteroatoms. The summed E-state index contributed by atoms with van der Waals surface area (Å²) in [5, 5.41) is 7.76. The molecule has 2 N–H and O–H groups in total. The number of aryl methyl sites for hydroxylation is 2. The first-order chi connectivity index (χ1) is 9.06. The van der Waals surface area contributed by atoms with E-state index < -0.39 is 0 Å². The molecule has 1 rings (SSSR count). The van der Waals surface area contributed by atoms with Crippen LogP contribution in [0.15, 0.2) is 4.99 Å². The molecule has 0 spiro atoms. The van der Waals surface area contributed by atoms with E-state index in [1.54, 1.807) is 11.3 Å². The van der Waals surface area contributed by atoms with Gasteiger partial charge in [0.15, 0.2) is 5.96 Å². The summed E-state index contributed by atoms with van der Waals surface area (Å²) in [6.07, 6.45) is 1.93. The topological polar surface area (TPSA) is 49.3 Å². The van der Waals surface area contributed by atoms with E-state index >= 15 is 0 Å². The monoisotopic (exact) mass is 282 g/mol. The number of nitrogens with zero attached hydrogens (tertiary/aromatic N) is 2. The van der Waals surface area contributed by atoms with Gasteiger partial charge in [-0.1, -0.05) is 6.92 Å². The van der Waals surface area contributed by atoms with Crippen molar-refractivity contribution in [3.63, 3.8) is 0 Å². The van der Waals surface area contributed by atoms with E-state index in [1.165, 1.54) is 15.6 Å². The molecule has 0 atom stereocenters. The summed E-state index contributed by atoms with van der Waals surface area (Å²) in [4.78, 5) is 10.6. The fraction of sp³-hybridized carbons (Fsp3) is 0.714. The Hall–Kier alpha value is -1.10. The van der Waals surface area contributed by atoms with Gasteiger partial charge < -0.3 is 10.6 Å². The highest BCUT2D eigenvalue weighted by Gasteiger charge is 2.05. The average molecular weight is 282 g/mol. The van der Waals surface area contributed by atoms with Gasteiger partial charge in [0.1, 0.15) is 0 Å². The second-order valence-electron chi connectivity index (χ2n) is 4.77. The second kappa shape index (κ2) is 8.15. The summed E-state index contributed by atoms with van der Waals surface area (Å²) in [7, 11) is 0. The van der Waals surface area contributed by atoms with Crippen LogP contribution < -0.4 is 10.6 Å². The summed E-state index contributed by atoms with van der Waals surface area (Å²) < 4.78 is 0. The normalized spacial score (nSPS) is 12.0. The smallest absolute Gasteiger partial charge is 0.191 e.